The Balaban J connectivity index is 2.34. The lowest BCUT2D eigenvalue weighted by Gasteiger charge is -2.07. The smallest absolute Gasteiger partial charge is 0.197 e. The first kappa shape index (κ1) is 9.90. The van der Waals surface area contributed by atoms with E-state index in [1.54, 1.807) is 6.20 Å². The summed E-state index contributed by atoms with van der Waals surface area (Å²) in [5.41, 5.74) is 8.99. The largest absolute Gasteiger partial charge is 0.369 e. The average molecular weight is 223 g/mol. The molecule has 3 aromatic rings. The van der Waals surface area contributed by atoms with Crippen molar-refractivity contribution in [2.45, 2.75) is 6.92 Å². The number of hydrogen-bond donors (Lipinski definition) is 2. The minimum Gasteiger partial charge on any atom is -0.369 e. The molecular weight excluding hydrogens is 210 g/mol. The monoisotopic (exact) mass is 223 g/mol. The Bertz CT molecular complexity index is 683. The van der Waals surface area contributed by atoms with Crippen LogP contribution in [-0.2, 0) is 0 Å². The van der Waals surface area contributed by atoms with Gasteiger partial charge in [-0.3, -0.25) is 0 Å². The summed E-state index contributed by atoms with van der Waals surface area (Å²) in [6, 6.07) is 12.6. The van der Waals surface area contributed by atoms with Crippen molar-refractivity contribution in [3.63, 3.8) is 0 Å². The molecule has 3 heteroatoms. The first-order valence-corrected chi connectivity index (χ1v) is 5.55. The van der Waals surface area contributed by atoms with E-state index in [9.17, 15) is 0 Å². The van der Waals surface area contributed by atoms with Crippen molar-refractivity contribution in [3.8, 4) is 11.3 Å². The summed E-state index contributed by atoms with van der Waals surface area (Å²) in [4.78, 5) is 7.12. The lowest BCUT2D eigenvalue weighted by Crippen LogP contribution is -1.87. The molecule has 0 spiro atoms. The molecule has 0 saturated carbocycles. The van der Waals surface area contributed by atoms with E-state index < -0.39 is 0 Å². The standard InChI is InChI=1S/C14H13N3/c1-9-6-7-12(13-8-16-14(15)17-13)11-5-3-2-4-10(9)11/h2-8H,1H3,(H3,15,16,17). The summed E-state index contributed by atoms with van der Waals surface area (Å²) in [7, 11) is 0. The highest BCUT2D eigenvalue weighted by Gasteiger charge is 2.07. The van der Waals surface area contributed by atoms with E-state index in [4.69, 9.17) is 5.73 Å². The summed E-state index contributed by atoms with van der Waals surface area (Å²) in [6.07, 6.45) is 1.77. The number of nitrogen functional groups attached to an aromatic ring is 1. The van der Waals surface area contributed by atoms with E-state index in [2.05, 4.69) is 47.2 Å². The van der Waals surface area contributed by atoms with Crippen molar-refractivity contribution in [3.05, 3.63) is 48.2 Å². The Labute approximate surface area is 99.3 Å². The molecule has 3 rings (SSSR count). The molecule has 84 valence electrons. The second-order valence-electron chi connectivity index (χ2n) is 4.16. The maximum Gasteiger partial charge on any atom is 0.197 e. The van der Waals surface area contributed by atoms with Gasteiger partial charge in [0.1, 0.15) is 0 Å². The number of fused-ring (bicyclic) bond motifs is 1. The number of benzene rings is 2. The summed E-state index contributed by atoms with van der Waals surface area (Å²) < 4.78 is 0. The Morgan fingerprint density at radius 2 is 1.82 bits per heavy atom. The molecule has 1 aromatic heterocycles. The minimum absolute atomic E-state index is 0.449. The van der Waals surface area contributed by atoms with Crippen molar-refractivity contribution in [2.24, 2.45) is 0 Å². The average Bonchev–Trinajstić information content (AvgIpc) is 2.77. The molecular formula is C14H13N3. The maximum atomic E-state index is 5.62. The summed E-state index contributed by atoms with van der Waals surface area (Å²) in [5.74, 6) is 0.449. The van der Waals surface area contributed by atoms with Gasteiger partial charge in [-0.15, -0.1) is 0 Å². The summed E-state index contributed by atoms with van der Waals surface area (Å²) >= 11 is 0. The molecule has 0 fully saturated rings. The molecule has 0 saturated heterocycles. The first-order valence-electron chi connectivity index (χ1n) is 5.55. The highest BCUT2D eigenvalue weighted by atomic mass is 15.0. The van der Waals surface area contributed by atoms with Crippen molar-refractivity contribution in [1.29, 1.82) is 0 Å². The van der Waals surface area contributed by atoms with E-state index in [0.717, 1.165) is 11.3 Å². The molecule has 0 radical (unpaired) electrons. The SMILES string of the molecule is Cc1ccc(-c2cnc(N)[nH]2)c2ccccc12. The van der Waals surface area contributed by atoms with E-state index in [1.807, 2.05) is 6.07 Å². The van der Waals surface area contributed by atoms with Crippen LogP contribution >= 0.6 is 0 Å². The fourth-order valence-corrected chi connectivity index (χ4v) is 2.16. The third kappa shape index (κ3) is 1.56. The molecule has 0 aliphatic heterocycles. The fourth-order valence-electron chi connectivity index (χ4n) is 2.16. The summed E-state index contributed by atoms with van der Waals surface area (Å²) in [5, 5.41) is 2.48. The predicted octanol–water partition coefficient (Wildman–Crippen LogP) is 3.12. The molecule has 3 N–H and O–H groups in total. The van der Waals surface area contributed by atoms with Crippen LogP contribution in [0.2, 0.25) is 0 Å². The van der Waals surface area contributed by atoms with Crippen LogP contribution in [0.1, 0.15) is 5.56 Å². The van der Waals surface area contributed by atoms with E-state index in [1.165, 1.54) is 16.3 Å². The van der Waals surface area contributed by atoms with Gasteiger partial charge in [0.15, 0.2) is 5.95 Å². The number of aryl methyl sites for hydroxylation is 1. The number of rotatable bonds is 1. The third-order valence-corrected chi connectivity index (χ3v) is 3.03. The van der Waals surface area contributed by atoms with Gasteiger partial charge in [0.25, 0.3) is 0 Å². The van der Waals surface area contributed by atoms with Gasteiger partial charge in [0.2, 0.25) is 0 Å². The number of nitrogens with two attached hydrogens (primary N) is 1. The van der Waals surface area contributed by atoms with Gasteiger partial charge in [0, 0.05) is 5.56 Å². The van der Waals surface area contributed by atoms with Crippen molar-refractivity contribution in [1.82, 2.24) is 9.97 Å². The number of nitrogens with zero attached hydrogens (tertiary/aromatic N) is 1. The zero-order valence-corrected chi connectivity index (χ0v) is 9.57. The molecule has 1 heterocycles. The van der Waals surface area contributed by atoms with Crippen LogP contribution in [0, 0.1) is 6.92 Å². The number of aromatic amines is 1. The predicted molar refractivity (Wildman–Crippen MR) is 70.7 cm³/mol. The quantitative estimate of drug-likeness (QED) is 0.666. The molecule has 0 aliphatic carbocycles. The minimum atomic E-state index is 0.449. The zero-order valence-electron chi connectivity index (χ0n) is 9.57. The van der Waals surface area contributed by atoms with Crippen LogP contribution in [0.3, 0.4) is 0 Å². The van der Waals surface area contributed by atoms with Crippen molar-refractivity contribution >= 4 is 16.7 Å². The van der Waals surface area contributed by atoms with Crippen molar-refractivity contribution < 1.29 is 0 Å². The second kappa shape index (κ2) is 3.63. The molecule has 0 atom stereocenters. The van der Waals surface area contributed by atoms with E-state index in [-0.39, 0.29) is 0 Å². The number of imidazole rings is 1. The Hall–Kier alpha value is -2.29. The Kier molecular flexibility index (Phi) is 2.11. The number of anilines is 1. The first-order chi connectivity index (χ1) is 8.25. The zero-order chi connectivity index (χ0) is 11.8. The Morgan fingerprint density at radius 3 is 2.53 bits per heavy atom. The van der Waals surface area contributed by atoms with Crippen molar-refractivity contribution in [2.75, 3.05) is 5.73 Å². The topological polar surface area (TPSA) is 54.7 Å². The van der Waals surface area contributed by atoms with Crippen LogP contribution in [0.15, 0.2) is 42.6 Å². The third-order valence-electron chi connectivity index (χ3n) is 3.03. The molecule has 3 nitrogen and oxygen atoms in total. The van der Waals surface area contributed by atoms with Gasteiger partial charge in [-0.2, -0.15) is 0 Å². The van der Waals surface area contributed by atoms with E-state index >= 15 is 0 Å². The summed E-state index contributed by atoms with van der Waals surface area (Å²) in [6.45, 7) is 2.12. The van der Waals surface area contributed by atoms with Gasteiger partial charge in [0.05, 0.1) is 11.9 Å². The second-order valence-corrected chi connectivity index (χ2v) is 4.16. The highest BCUT2D eigenvalue weighted by Crippen LogP contribution is 2.29. The van der Waals surface area contributed by atoms with Crippen LogP contribution in [0.25, 0.3) is 22.0 Å². The maximum absolute atomic E-state index is 5.62. The van der Waals surface area contributed by atoms with Crippen LogP contribution < -0.4 is 5.73 Å². The van der Waals surface area contributed by atoms with Gasteiger partial charge in [-0.25, -0.2) is 4.98 Å². The Morgan fingerprint density at radius 1 is 1.06 bits per heavy atom. The lowest BCUT2D eigenvalue weighted by atomic mass is 9.99. The van der Waals surface area contributed by atoms with Gasteiger partial charge < -0.3 is 10.7 Å². The van der Waals surface area contributed by atoms with Gasteiger partial charge in [-0.05, 0) is 23.3 Å². The lowest BCUT2D eigenvalue weighted by molar-refractivity contribution is 1.33. The van der Waals surface area contributed by atoms with Crippen LogP contribution in [0.4, 0.5) is 5.95 Å². The highest BCUT2D eigenvalue weighted by molar-refractivity contribution is 5.97. The van der Waals surface area contributed by atoms with Gasteiger partial charge >= 0.3 is 0 Å². The number of H-pyrrole nitrogens is 1. The number of hydrogen-bond acceptors (Lipinski definition) is 2. The molecule has 0 bridgehead atoms. The molecule has 0 amide bonds. The van der Waals surface area contributed by atoms with Gasteiger partial charge in [-0.1, -0.05) is 36.4 Å². The van der Waals surface area contributed by atoms with Crippen LogP contribution in [-0.4, -0.2) is 9.97 Å². The number of nitrogens with one attached hydrogen (secondary N) is 1. The molecule has 0 unspecified atom stereocenters. The number of aromatic nitrogens is 2. The fraction of sp³-hybridized carbons (Fsp3) is 0.0714. The van der Waals surface area contributed by atoms with Crippen LogP contribution in [0.5, 0.6) is 0 Å². The molecule has 17 heavy (non-hydrogen) atoms. The normalized spacial score (nSPS) is 10.9. The van der Waals surface area contributed by atoms with E-state index in [0.29, 0.717) is 5.95 Å². The molecule has 2 aromatic carbocycles. The molecule has 0 aliphatic rings.